The smallest absolute Gasteiger partial charge is 0.410 e. The summed E-state index contributed by atoms with van der Waals surface area (Å²) < 4.78 is 5.41. The molecule has 0 aromatic heterocycles. The normalized spacial score (nSPS) is 24.6. The molecule has 94 valence electrons. The lowest BCUT2D eigenvalue weighted by Crippen LogP contribution is -2.53. The van der Waals surface area contributed by atoms with E-state index in [1.807, 2.05) is 32.7 Å². The van der Waals surface area contributed by atoms with Crippen molar-refractivity contribution in [3.05, 3.63) is 0 Å². The Hall–Kier alpha value is -0.770. The Labute approximate surface area is 98.3 Å². The molecule has 0 radical (unpaired) electrons. The second-order valence-corrected chi connectivity index (χ2v) is 5.92. The first-order chi connectivity index (χ1) is 7.18. The summed E-state index contributed by atoms with van der Waals surface area (Å²) in [6.45, 7) is 10.6. The SMILES string of the molecule is CNC1CCN(C(=O)OC(C)(C)C)C1(C)C. The van der Waals surface area contributed by atoms with Crippen LogP contribution in [0.25, 0.3) is 0 Å². The van der Waals surface area contributed by atoms with Crippen LogP contribution < -0.4 is 5.32 Å². The fourth-order valence-corrected chi connectivity index (χ4v) is 2.23. The average Bonchev–Trinajstić information content (AvgIpc) is 2.36. The van der Waals surface area contributed by atoms with Crippen LogP contribution in [-0.4, -0.2) is 41.8 Å². The van der Waals surface area contributed by atoms with Crippen LogP contribution in [0.1, 0.15) is 41.0 Å². The average molecular weight is 228 g/mol. The number of ether oxygens (including phenoxy) is 1. The fourth-order valence-electron chi connectivity index (χ4n) is 2.23. The van der Waals surface area contributed by atoms with Crippen molar-refractivity contribution in [3.8, 4) is 0 Å². The van der Waals surface area contributed by atoms with E-state index in [9.17, 15) is 4.79 Å². The first-order valence-electron chi connectivity index (χ1n) is 5.86. The molecule has 1 heterocycles. The highest BCUT2D eigenvalue weighted by Gasteiger charge is 2.44. The highest BCUT2D eigenvalue weighted by Crippen LogP contribution is 2.30. The number of amides is 1. The van der Waals surface area contributed by atoms with Gasteiger partial charge in [0.1, 0.15) is 5.60 Å². The van der Waals surface area contributed by atoms with Gasteiger partial charge in [-0.25, -0.2) is 4.79 Å². The van der Waals surface area contributed by atoms with Gasteiger partial charge >= 0.3 is 6.09 Å². The van der Waals surface area contributed by atoms with Crippen molar-refractivity contribution in [2.75, 3.05) is 13.6 Å². The number of carbonyl (C=O) groups excluding carboxylic acids is 1. The molecule has 0 saturated carbocycles. The predicted octanol–water partition coefficient (Wildman–Crippen LogP) is 1.99. The zero-order valence-electron chi connectivity index (χ0n) is 11.3. The Bertz CT molecular complexity index is 269. The van der Waals surface area contributed by atoms with Crippen LogP contribution in [0.3, 0.4) is 0 Å². The first-order valence-corrected chi connectivity index (χ1v) is 5.86. The topological polar surface area (TPSA) is 41.6 Å². The molecular weight excluding hydrogens is 204 g/mol. The largest absolute Gasteiger partial charge is 0.444 e. The van der Waals surface area contributed by atoms with Gasteiger partial charge in [-0.3, -0.25) is 0 Å². The van der Waals surface area contributed by atoms with Gasteiger partial charge in [-0.05, 0) is 48.1 Å². The van der Waals surface area contributed by atoms with Gasteiger partial charge in [-0.2, -0.15) is 0 Å². The van der Waals surface area contributed by atoms with Gasteiger partial charge in [-0.15, -0.1) is 0 Å². The van der Waals surface area contributed by atoms with Crippen LogP contribution in [0.2, 0.25) is 0 Å². The van der Waals surface area contributed by atoms with E-state index in [2.05, 4.69) is 19.2 Å². The standard InChI is InChI=1S/C12H24N2O2/c1-11(2,3)16-10(15)14-8-7-9(13-6)12(14,4)5/h9,13H,7-8H2,1-6H3. The maximum absolute atomic E-state index is 12.0. The van der Waals surface area contributed by atoms with Crippen molar-refractivity contribution in [2.24, 2.45) is 0 Å². The molecule has 4 heteroatoms. The number of carbonyl (C=O) groups is 1. The molecule has 0 bridgehead atoms. The van der Waals surface area contributed by atoms with Crippen molar-refractivity contribution in [3.63, 3.8) is 0 Å². The van der Waals surface area contributed by atoms with Crippen LogP contribution >= 0.6 is 0 Å². The molecule has 0 aromatic carbocycles. The number of hydrogen-bond acceptors (Lipinski definition) is 3. The Balaban J connectivity index is 2.72. The van der Waals surface area contributed by atoms with E-state index in [1.165, 1.54) is 0 Å². The molecule has 1 amide bonds. The molecule has 0 aliphatic carbocycles. The lowest BCUT2D eigenvalue weighted by Gasteiger charge is -2.36. The molecule has 1 saturated heterocycles. The monoisotopic (exact) mass is 228 g/mol. The second kappa shape index (κ2) is 4.24. The van der Waals surface area contributed by atoms with E-state index in [1.54, 1.807) is 0 Å². The molecule has 16 heavy (non-hydrogen) atoms. The summed E-state index contributed by atoms with van der Waals surface area (Å²) in [7, 11) is 1.94. The molecule has 1 N–H and O–H groups in total. The zero-order valence-corrected chi connectivity index (χ0v) is 11.3. The van der Waals surface area contributed by atoms with Crippen molar-refractivity contribution in [1.29, 1.82) is 0 Å². The minimum absolute atomic E-state index is 0.183. The number of likely N-dealkylation sites (N-methyl/N-ethyl adjacent to an activating group) is 1. The summed E-state index contributed by atoms with van der Waals surface area (Å²) in [5.74, 6) is 0. The van der Waals surface area contributed by atoms with E-state index in [0.717, 1.165) is 13.0 Å². The molecule has 0 spiro atoms. The van der Waals surface area contributed by atoms with E-state index in [4.69, 9.17) is 4.74 Å². The highest BCUT2D eigenvalue weighted by atomic mass is 16.6. The highest BCUT2D eigenvalue weighted by molar-refractivity contribution is 5.69. The van der Waals surface area contributed by atoms with Crippen molar-refractivity contribution >= 4 is 6.09 Å². The van der Waals surface area contributed by atoms with E-state index < -0.39 is 5.60 Å². The molecular formula is C12H24N2O2. The molecule has 1 atom stereocenters. The van der Waals surface area contributed by atoms with Gasteiger partial charge in [0, 0.05) is 12.6 Å². The lowest BCUT2D eigenvalue weighted by atomic mass is 9.96. The van der Waals surface area contributed by atoms with Crippen LogP contribution in [0.5, 0.6) is 0 Å². The summed E-state index contributed by atoms with van der Waals surface area (Å²) >= 11 is 0. The molecule has 4 nitrogen and oxygen atoms in total. The van der Waals surface area contributed by atoms with E-state index >= 15 is 0 Å². The van der Waals surface area contributed by atoms with Gasteiger partial charge in [0.15, 0.2) is 0 Å². The van der Waals surface area contributed by atoms with Crippen LogP contribution in [0, 0.1) is 0 Å². The summed E-state index contributed by atoms with van der Waals surface area (Å²) in [5, 5.41) is 3.25. The predicted molar refractivity (Wildman–Crippen MR) is 64.5 cm³/mol. The molecule has 1 aliphatic heterocycles. The summed E-state index contributed by atoms with van der Waals surface area (Å²) in [4.78, 5) is 13.8. The molecule has 1 unspecified atom stereocenters. The third-order valence-corrected chi connectivity index (χ3v) is 3.15. The Kier molecular flexibility index (Phi) is 3.53. The quantitative estimate of drug-likeness (QED) is 0.746. The zero-order chi connectivity index (χ0) is 12.6. The maximum atomic E-state index is 12.0. The maximum Gasteiger partial charge on any atom is 0.410 e. The Morgan fingerprint density at radius 2 is 2.00 bits per heavy atom. The Morgan fingerprint density at radius 3 is 2.38 bits per heavy atom. The van der Waals surface area contributed by atoms with Gasteiger partial charge in [-0.1, -0.05) is 0 Å². The fraction of sp³-hybridized carbons (Fsp3) is 0.917. The van der Waals surface area contributed by atoms with Gasteiger partial charge in [0.25, 0.3) is 0 Å². The van der Waals surface area contributed by atoms with Crippen molar-refractivity contribution in [1.82, 2.24) is 10.2 Å². The number of rotatable bonds is 1. The number of hydrogen-bond donors (Lipinski definition) is 1. The van der Waals surface area contributed by atoms with Crippen LogP contribution in [0.15, 0.2) is 0 Å². The third kappa shape index (κ3) is 2.67. The lowest BCUT2D eigenvalue weighted by molar-refractivity contribution is 0.0112. The second-order valence-electron chi connectivity index (χ2n) is 5.92. The van der Waals surface area contributed by atoms with Crippen molar-refractivity contribution < 1.29 is 9.53 Å². The molecule has 0 aromatic rings. The van der Waals surface area contributed by atoms with E-state index in [0.29, 0.717) is 6.04 Å². The summed E-state index contributed by atoms with van der Waals surface area (Å²) in [5.41, 5.74) is -0.609. The Morgan fingerprint density at radius 1 is 1.44 bits per heavy atom. The number of nitrogens with zero attached hydrogens (tertiary/aromatic N) is 1. The minimum Gasteiger partial charge on any atom is -0.444 e. The molecule has 1 aliphatic rings. The molecule has 1 rings (SSSR count). The van der Waals surface area contributed by atoms with E-state index in [-0.39, 0.29) is 11.6 Å². The minimum atomic E-state index is -0.426. The van der Waals surface area contributed by atoms with Crippen LogP contribution in [0.4, 0.5) is 4.79 Å². The molecule has 1 fully saturated rings. The van der Waals surface area contributed by atoms with Crippen LogP contribution in [-0.2, 0) is 4.74 Å². The summed E-state index contributed by atoms with van der Waals surface area (Å²) in [6.07, 6.45) is 0.762. The first kappa shape index (κ1) is 13.3. The number of likely N-dealkylation sites (tertiary alicyclic amines) is 1. The number of nitrogens with one attached hydrogen (secondary N) is 1. The third-order valence-electron chi connectivity index (χ3n) is 3.15. The van der Waals surface area contributed by atoms with Gasteiger partial charge in [0.2, 0.25) is 0 Å². The van der Waals surface area contributed by atoms with Gasteiger partial charge in [0.05, 0.1) is 5.54 Å². The van der Waals surface area contributed by atoms with Crippen molar-refractivity contribution in [2.45, 2.75) is 58.2 Å². The summed E-state index contributed by atoms with van der Waals surface area (Å²) in [6, 6.07) is 0.333. The van der Waals surface area contributed by atoms with Gasteiger partial charge < -0.3 is 15.0 Å².